The van der Waals surface area contributed by atoms with Gasteiger partial charge in [-0.25, -0.2) is 14.4 Å². The molecular weight excluding hydrogens is 300 g/mol. The lowest BCUT2D eigenvalue weighted by molar-refractivity contribution is -0.146. The SMILES string of the molecule is C=C(C)C(=O)OCCCC(CC(=C)C(=O)OC)OC(=O)C(=C)C. The second kappa shape index (κ2) is 10.4. The number of hydrogen-bond donors (Lipinski definition) is 0. The fraction of sp³-hybridized carbons (Fsp3) is 0.471. The molecule has 0 N–H and O–H groups in total. The van der Waals surface area contributed by atoms with Gasteiger partial charge >= 0.3 is 17.9 Å². The summed E-state index contributed by atoms with van der Waals surface area (Å²) in [6.45, 7) is 13.9. The molecule has 1 unspecified atom stereocenters. The molecule has 1 atom stereocenters. The lowest BCUT2D eigenvalue weighted by Gasteiger charge is -2.18. The van der Waals surface area contributed by atoms with Gasteiger partial charge in [-0.2, -0.15) is 0 Å². The van der Waals surface area contributed by atoms with E-state index in [0.29, 0.717) is 18.4 Å². The van der Waals surface area contributed by atoms with Crippen LogP contribution in [0.25, 0.3) is 0 Å². The minimum atomic E-state index is -0.575. The summed E-state index contributed by atoms with van der Waals surface area (Å²) in [5, 5.41) is 0. The fourth-order valence-electron chi connectivity index (χ4n) is 1.56. The number of hydrogen-bond acceptors (Lipinski definition) is 6. The van der Waals surface area contributed by atoms with Crippen LogP contribution in [0, 0.1) is 0 Å². The molecular formula is C17H24O6. The molecule has 6 nitrogen and oxygen atoms in total. The van der Waals surface area contributed by atoms with Crippen LogP contribution in [-0.2, 0) is 28.6 Å². The zero-order chi connectivity index (χ0) is 18.0. The predicted octanol–water partition coefficient (Wildman–Crippen LogP) is 2.49. The first-order valence-electron chi connectivity index (χ1n) is 7.14. The van der Waals surface area contributed by atoms with Crippen molar-refractivity contribution in [2.45, 2.75) is 39.2 Å². The van der Waals surface area contributed by atoms with Gasteiger partial charge < -0.3 is 14.2 Å². The number of esters is 3. The Morgan fingerprint density at radius 3 is 2.00 bits per heavy atom. The summed E-state index contributed by atoms with van der Waals surface area (Å²) in [5.41, 5.74) is 0.771. The Kier molecular flexibility index (Phi) is 9.30. The summed E-state index contributed by atoms with van der Waals surface area (Å²) in [7, 11) is 1.25. The van der Waals surface area contributed by atoms with E-state index in [1.807, 2.05) is 0 Å². The summed E-state index contributed by atoms with van der Waals surface area (Å²) in [6, 6.07) is 0. The Morgan fingerprint density at radius 2 is 1.52 bits per heavy atom. The predicted molar refractivity (Wildman–Crippen MR) is 85.5 cm³/mol. The van der Waals surface area contributed by atoms with E-state index in [4.69, 9.17) is 9.47 Å². The summed E-state index contributed by atoms with van der Waals surface area (Å²) in [4.78, 5) is 34.3. The van der Waals surface area contributed by atoms with Crippen LogP contribution < -0.4 is 0 Å². The van der Waals surface area contributed by atoms with Crippen molar-refractivity contribution in [3.05, 3.63) is 36.5 Å². The van der Waals surface area contributed by atoms with Gasteiger partial charge in [0, 0.05) is 23.1 Å². The smallest absolute Gasteiger partial charge is 0.333 e. The molecule has 0 aliphatic heterocycles. The molecule has 0 aliphatic carbocycles. The molecule has 0 aromatic carbocycles. The minimum Gasteiger partial charge on any atom is -0.466 e. The second-order valence-electron chi connectivity index (χ2n) is 5.17. The van der Waals surface area contributed by atoms with Gasteiger partial charge in [0.1, 0.15) is 6.10 Å². The van der Waals surface area contributed by atoms with Gasteiger partial charge in [0.05, 0.1) is 13.7 Å². The third-order valence-electron chi connectivity index (χ3n) is 2.82. The molecule has 0 saturated carbocycles. The van der Waals surface area contributed by atoms with Gasteiger partial charge in [0.15, 0.2) is 0 Å². The maximum absolute atomic E-state index is 11.6. The maximum atomic E-state index is 11.6. The summed E-state index contributed by atoms with van der Waals surface area (Å²) in [6.07, 6.45) is 0.426. The van der Waals surface area contributed by atoms with Crippen LogP contribution in [0.15, 0.2) is 36.5 Å². The number of rotatable bonds is 10. The van der Waals surface area contributed by atoms with E-state index < -0.39 is 24.0 Å². The Bertz CT molecular complexity index is 503. The van der Waals surface area contributed by atoms with Crippen molar-refractivity contribution in [1.29, 1.82) is 0 Å². The van der Waals surface area contributed by atoms with E-state index in [1.54, 1.807) is 6.92 Å². The molecule has 0 amide bonds. The van der Waals surface area contributed by atoms with Crippen molar-refractivity contribution < 1.29 is 28.6 Å². The van der Waals surface area contributed by atoms with Crippen molar-refractivity contribution in [2.75, 3.05) is 13.7 Å². The Balaban J connectivity index is 4.54. The number of carbonyl (C=O) groups is 3. The quantitative estimate of drug-likeness (QED) is 0.266. The highest BCUT2D eigenvalue weighted by Gasteiger charge is 2.19. The van der Waals surface area contributed by atoms with Crippen molar-refractivity contribution in [1.82, 2.24) is 0 Å². The first-order valence-corrected chi connectivity index (χ1v) is 7.14. The Labute approximate surface area is 136 Å². The topological polar surface area (TPSA) is 78.9 Å². The molecule has 0 saturated heterocycles. The van der Waals surface area contributed by atoms with Gasteiger partial charge in [-0.15, -0.1) is 0 Å². The minimum absolute atomic E-state index is 0.139. The molecule has 0 aliphatic rings. The van der Waals surface area contributed by atoms with Crippen LogP contribution in [0.5, 0.6) is 0 Å². The largest absolute Gasteiger partial charge is 0.466 e. The van der Waals surface area contributed by atoms with Crippen LogP contribution in [0.4, 0.5) is 0 Å². The van der Waals surface area contributed by atoms with Crippen LogP contribution in [0.3, 0.4) is 0 Å². The molecule has 0 fully saturated rings. The monoisotopic (exact) mass is 324 g/mol. The molecule has 23 heavy (non-hydrogen) atoms. The molecule has 0 heterocycles. The number of carbonyl (C=O) groups excluding carboxylic acids is 3. The molecule has 0 aromatic heterocycles. The normalized spacial score (nSPS) is 11.1. The third kappa shape index (κ3) is 8.60. The molecule has 6 heteroatoms. The average Bonchev–Trinajstić information content (AvgIpc) is 2.49. The molecule has 0 bridgehead atoms. The maximum Gasteiger partial charge on any atom is 0.333 e. The molecule has 0 rings (SSSR count). The van der Waals surface area contributed by atoms with Crippen LogP contribution in [0.1, 0.15) is 33.1 Å². The van der Waals surface area contributed by atoms with Gasteiger partial charge in [0.2, 0.25) is 0 Å². The van der Waals surface area contributed by atoms with E-state index in [2.05, 4.69) is 24.5 Å². The van der Waals surface area contributed by atoms with E-state index in [9.17, 15) is 14.4 Å². The van der Waals surface area contributed by atoms with Gasteiger partial charge in [-0.05, 0) is 26.7 Å². The van der Waals surface area contributed by atoms with Gasteiger partial charge in [0.25, 0.3) is 0 Å². The second-order valence-corrected chi connectivity index (χ2v) is 5.17. The Morgan fingerprint density at radius 1 is 0.957 bits per heavy atom. The van der Waals surface area contributed by atoms with Crippen LogP contribution in [0.2, 0.25) is 0 Å². The van der Waals surface area contributed by atoms with E-state index >= 15 is 0 Å². The van der Waals surface area contributed by atoms with Crippen molar-refractivity contribution in [2.24, 2.45) is 0 Å². The summed E-state index contributed by atoms with van der Waals surface area (Å²) < 4.78 is 14.8. The summed E-state index contributed by atoms with van der Waals surface area (Å²) in [5.74, 6) is -1.58. The first kappa shape index (κ1) is 20.6. The highest BCUT2D eigenvalue weighted by molar-refractivity contribution is 5.88. The van der Waals surface area contributed by atoms with E-state index in [1.165, 1.54) is 14.0 Å². The lowest BCUT2D eigenvalue weighted by Crippen LogP contribution is -2.22. The van der Waals surface area contributed by atoms with Crippen LogP contribution in [-0.4, -0.2) is 37.7 Å². The lowest BCUT2D eigenvalue weighted by atomic mass is 10.1. The highest BCUT2D eigenvalue weighted by atomic mass is 16.5. The van der Waals surface area contributed by atoms with E-state index in [-0.39, 0.29) is 24.2 Å². The third-order valence-corrected chi connectivity index (χ3v) is 2.82. The highest BCUT2D eigenvalue weighted by Crippen LogP contribution is 2.15. The molecule has 0 aromatic rings. The van der Waals surface area contributed by atoms with Crippen LogP contribution >= 0.6 is 0 Å². The summed E-state index contributed by atoms with van der Waals surface area (Å²) >= 11 is 0. The zero-order valence-corrected chi connectivity index (χ0v) is 14.0. The van der Waals surface area contributed by atoms with Gasteiger partial charge in [-0.1, -0.05) is 19.7 Å². The van der Waals surface area contributed by atoms with Crippen molar-refractivity contribution in [3.63, 3.8) is 0 Å². The van der Waals surface area contributed by atoms with Crippen molar-refractivity contribution in [3.8, 4) is 0 Å². The standard InChI is InChI=1S/C17H24O6/c1-11(2)15(18)22-9-7-8-14(23-16(19)12(3)4)10-13(5)17(20)21-6/h14H,1,3,5,7-10H2,2,4,6H3. The zero-order valence-electron chi connectivity index (χ0n) is 14.0. The fourth-order valence-corrected chi connectivity index (χ4v) is 1.56. The first-order chi connectivity index (χ1) is 10.7. The van der Waals surface area contributed by atoms with Gasteiger partial charge in [-0.3, -0.25) is 0 Å². The molecule has 0 radical (unpaired) electrons. The van der Waals surface area contributed by atoms with E-state index in [0.717, 1.165) is 0 Å². The molecule has 128 valence electrons. The molecule has 0 spiro atoms. The van der Waals surface area contributed by atoms with Crippen molar-refractivity contribution >= 4 is 17.9 Å². The Hall–Kier alpha value is -2.37. The average molecular weight is 324 g/mol. The number of ether oxygens (including phenoxy) is 3. The number of methoxy groups -OCH3 is 1.